The number of nitrogens with zero attached hydrogens (tertiary/aromatic N) is 2. The zero-order valence-electron chi connectivity index (χ0n) is 13.0. The first-order valence-electron chi connectivity index (χ1n) is 7.88. The highest BCUT2D eigenvalue weighted by Crippen LogP contribution is 2.19. The fourth-order valence-corrected chi connectivity index (χ4v) is 2.90. The second-order valence-electron chi connectivity index (χ2n) is 5.93. The van der Waals surface area contributed by atoms with Gasteiger partial charge in [0.1, 0.15) is 0 Å². The molecule has 4 nitrogen and oxygen atoms in total. The van der Waals surface area contributed by atoms with E-state index in [4.69, 9.17) is 0 Å². The van der Waals surface area contributed by atoms with E-state index in [1.165, 1.54) is 11.1 Å². The minimum atomic E-state index is -0.356. The number of hydrogen-bond donors (Lipinski definition) is 0. The van der Waals surface area contributed by atoms with Crippen molar-refractivity contribution in [2.24, 2.45) is 0 Å². The molecule has 3 rings (SSSR count). The maximum atomic E-state index is 10.7. The molecule has 1 aliphatic heterocycles. The highest BCUT2D eigenvalue weighted by Gasteiger charge is 2.13. The zero-order valence-corrected chi connectivity index (χ0v) is 13.0. The monoisotopic (exact) mass is 308 g/mol. The third-order valence-electron chi connectivity index (χ3n) is 4.21. The normalized spacial score (nSPS) is 15.2. The van der Waals surface area contributed by atoms with E-state index in [1.54, 1.807) is 12.1 Å². The van der Waals surface area contributed by atoms with Gasteiger partial charge in [0.25, 0.3) is 5.69 Å². The van der Waals surface area contributed by atoms with Crippen molar-refractivity contribution in [1.82, 2.24) is 4.90 Å². The lowest BCUT2D eigenvalue weighted by Gasteiger charge is -2.26. The molecular formula is C19H20N2O2. The van der Waals surface area contributed by atoms with Crippen LogP contribution in [0.1, 0.15) is 17.5 Å². The molecule has 2 aromatic rings. The number of hydrogen-bond acceptors (Lipinski definition) is 3. The van der Waals surface area contributed by atoms with Crippen molar-refractivity contribution in [3.05, 3.63) is 87.5 Å². The first-order chi connectivity index (χ1) is 11.2. The Hall–Kier alpha value is -2.46. The molecule has 0 fully saturated rings. The van der Waals surface area contributed by atoms with Crippen LogP contribution in [-0.4, -0.2) is 22.9 Å². The smallest absolute Gasteiger partial charge is 0.269 e. The van der Waals surface area contributed by atoms with Crippen molar-refractivity contribution in [3.8, 4) is 0 Å². The lowest BCUT2D eigenvalue weighted by Crippen LogP contribution is -2.28. The molecule has 0 unspecified atom stereocenters. The first-order valence-corrected chi connectivity index (χ1v) is 7.88. The topological polar surface area (TPSA) is 46.4 Å². The van der Waals surface area contributed by atoms with E-state index in [1.807, 2.05) is 18.2 Å². The lowest BCUT2D eigenvalue weighted by atomic mass is 9.99. The summed E-state index contributed by atoms with van der Waals surface area (Å²) in [5, 5.41) is 10.7. The van der Waals surface area contributed by atoms with Gasteiger partial charge in [-0.25, -0.2) is 0 Å². The van der Waals surface area contributed by atoms with Crippen LogP contribution in [0, 0.1) is 10.1 Å². The molecule has 1 aliphatic rings. The summed E-state index contributed by atoms with van der Waals surface area (Å²) < 4.78 is 0. The van der Waals surface area contributed by atoms with Crippen molar-refractivity contribution in [3.63, 3.8) is 0 Å². The van der Waals surface area contributed by atoms with Crippen LogP contribution in [0.3, 0.4) is 0 Å². The van der Waals surface area contributed by atoms with Crippen molar-refractivity contribution in [1.29, 1.82) is 0 Å². The molecule has 0 N–H and O–H groups in total. The Morgan fingerprint density at radius 3 is 2.35 bits per heavy atom. The predicted octanol–water partition coefficient (Wildman–Crippen LogP) is 3.97. The van der Waals surface area contributed by atoms with E-state index < -0.39 is 0 Å². The van der Waals surface area contributed by atoms with Gasteiger partial charge < -0.3 is 0 Å². The Balaban J connectivity index is 1.55. The van der Waals surface area contributed by atoms with Crippen molar-refractivity contribution in [2.75, 3.05) is 13.1 Å². The number of non-ortho nitro benzene ring substituents is 1. The van der Waals surface area contributed by atoms with Gasteiger partial charge in [0, 0.05) is 31.8 Å². The molecule has 0 amide bonds. The van der Waals surface area contributed by atoms with E-state index in [9.17, 15) is 10.1 Å². The van der Waals surface area contributed by atoms with Crippen LogP contribution >= 0.6 is 0 Å². The van der Waals surface area contributed by atoms with Crippen LogP contribution in [0.5, 0.6) is 0 Å². The summed E-state index contributed by atoms with van der Waals surface area (Å²) >= 11 is 0. The molecule has 0 bridgehead atoms. The van der Waals surface area contributed by atoms with Gasteiger partial charge in [-0.2, -0.15) is 0 Å². The number of nitro groups is 1. The van der Waals surface area contributed by atoms with E-state index in [0.29, 0.717) is 0 Å². The van der Waals surface area contributed by atoms with Crippen LogP contribution in [0.2, 0.25) is 0 Å². The summed E-state index contributed by atoms with van der Waals surface area (Å²) in [7, 11) is 0. The van der Waals surface area contributed by atoms with Crippen LogP contribution in [0.4, 0.5) is 5.69 Å². The number of rotatable bonds is 5. The zero-order chi connectivity index (χ0) is 16.1. The molecule has 1 heterocycles. The van der Waals surface area contributed by atoms with E-state index in [0.717, 1.165) is 38.0 Å². The van der Waals surface area contributed by atoms with Gasteiger partial charge in [-0.15, -0.1) is 0 Å². The quantitative estimate of drug-likeness (QED) is 0.477. The molecule has 2 aromatic carbocycles. The Bertz CT molecular complexity index is 693. The minimum absolute atomic E-state index is 0.153. The lowest BCUT2D eigenvalue weighted by molar-refractivity contribution is -0.384. The van der Waals surface area contributed by atoms with Crippen LogP contribution in [0.25, 0.3) is 0 Å². The van der Waals surface area contributed by atoms with E-state index in [2.05, 4.69) is 35.2 Å². The van der Waals surface area contributed by atoms with Gasteiger partial charge in [-0.3, -0.25) is 15.0 Å². The fourth-order valence-electron chi connectivity index (χ4n) is 2.90. The largest absolute Gasteiger partial charge is 0.295 e. The van der Waals surface area contributed by atoms with Crippen LogP contribution < -0.4 is 0 Å². The average Bonchev–Trinajstić information content (AvgIpc) is 2.58. The summed E-state index contributed by atoms with van der Waals surface area (Å²) in [5.74, 6) is 0. The van der Waals surface area contributed by atoms with Crippen LogP contribution in [-0.2, 0) is 13.0 Å². The van der Waals surface area contributed by atoms with E-state index in [-0.39, 0.29) is 10.6 Å². The predicted molar refractivity (Wildman–Crippen MR) is 91.2 cm³/mol. The highest BCUT2D eigenvalue weighted by atomic mass is 16.6. The molecule has 0 atom stereocenters. The molecular weight excluding hydrogens is 288 g/mol. The standard InChI is InChI=1S/C19H20N2O2/c22-21(23)19-8-6-16(7-9-19)14-17-10-12-20(13-11-17)15-18-4-2-1-3-5-18/h1-10H,11-15H2. The molecule has 4 heteroatoms. The van der Waals surface area contributed by atoms with Gasteiger partial charge in [-0.1, -0.05) is 54.1 Å². The summed E-state index contributed by atoms with van der Waals surface area (Å²) in [6.45, 7) is 3.02. The molecule has 118 valence electrons. The molecule has 0 saturated heterocycles. The van der Waals surface area contributed by atoms with Gasteiger partial charge >= 0.3 is 0 Å². The molecule has 0 aliphatic carbocycles. The van der Waals surface area contributed by atoms with Gasteiger partial charge in [0.05, 0.1) is 4.92 Å². The fraction of sp³-hybridized carbons (Fsp3) is 0.263. The Labute approximate surface area is 136 Å². The Morgan fingerprint density at radius 1 is 1.00 bits per heavy atom. The van der Waals surface area contributed by atoms with Crippen molar-refractivity contribution >= 4 is 5.69 Å². The second-order valence-corrected chi connectivity index (χ2v) is 5.93. The average molecular weight is 308 g/mol. The van der Waals surface area contributed by atoms with Gasteiger partial charge in [0.2, 0.25) is 0 Å². The van der Waals surface area contributed by atoms with Crippen LogP contribution in [0.15, 0.2) is 66.2 Å². The van der Waals surface area contributed by atoms with E-state index >= 15 is 0 Å². The highest BCUT2D eigenvalue weighted by molar-refractivity contribution is 5.34. The second kappa shape index (κ2) is 7.20. The summed E-state index contributed by atoms with van der Waals surface area (Å²) in [6, 6.07) is 17.4. The Morgan fingerprint density at radius 2 is 1.74 bits per heavy atom. The third-order valence-corrected chi connectivity index (χ3v) is 4.21. The van der Waals surface area contributed by atoms with Gasteiger partial charge in [0.15, 0.2) is 0 Å². The first kappa shape index (κ1) is 15.4. The molecule has 23 heavy (non-hydrogen) atoms. The summed E-state index contributed by atoms with van der Waals surface area (Å²) in [4.78, 5) is 12.8. The number of benzene rings is 2. The molecule has 0 aromatic heterocycles. The SMILES string of the molecule is O=[N+]([O-])c1ccc(CC2=CCN(Cc3ccccc3)CC2)cc1. The third kappa shape index (κ3) is 4.27. The number of nitro benzene ring substituents is 1. The molecule has 0 saturated carbocycles. The molecule has 0 spiro atoms. The van der Waals surface area contributed by atoms with Crippen molar-refractivity contribution < 1.29 is 4.92 Å². The Kier molecular flexibility index (Phi) is 4.83. The molecule has 0 radical (unpaired) electrons. The minimum Gasteiger partial charge on any atom is -0.295 e. The maximum absolute atomic E-state index is 10.7. The van der Waals surface area contributed by atoms with Crippen molar-refractivity contribution in [2.45, 2.75) is 19.4 Å². The summed E-state index contributed by atoms with van der Waals surface area (Å²) in [6.07, 6.45) is 4.24. The summed E-state index contributed by atoms with van der Waals surface area (Å²) in [5.41, 5.74) is 4.06. The van der Waals surface area contributed by atoms with Gasteiger partial charge in [-0.05, 0) is 24.0 Å². The maximum Gasteiger partial charge on any atom is 0.269 e.